The van der Waals surface area contributed by atoms with Gasteiger partial charge in [-0.1, -0.05) is 42.5 Å². The highest BCUT2D eigenvalue weighted by Crippen LogP contribution is 2.77. The van der Waals surface area contributed by atoms with E-state index < -0.39 is 5.60 Å². The summed E-state index contributed by atoms with van der Waals surface area (Å²) in [7, 11) is 4.47. The van der Waals surface area contributed by atoms with Crippen LogP contribution in [0.5, 0.6) is 11.5 Å². The maximum atomic E-state index is 11.1. The lowest BCUT2D eigenvalue weighted by Crippen LogP contribution is -2.83. The van der Waals surface area contributed by atoms with Gasteiger partial charge in [-0.05, 0) is 66.1 Å². The van der Waals surface area contributed by atoms with Crippen LogP contribution in [0.3, 0.4) is 0 Å². The van der Waals surface area contributed by atoms with Gasteiger partial charge in [0, 0.05) is 42.8 Å². The van der Waals surface area contributed by atoms with Crippen molar-refractivity contribution in [2.75, 3.05) is 33.9 Å². The Hall–Kier alpha value is -2.60. The van der Waals surface area contributed by atoms with Crippen LogP contribution in [0.15, 0.2) is 54.6 Å². The van der Waals surface area contributed by atoms with Crippen molar-refractivity contribution in [2.24, 2.45) is 17.3 Å². The minimum atomic E-state index is -0.410. The third kappa shape index (κ3) is 3.08. The Morgan fingerprint density at radius 3 is 2.71 bits per heavy atom. The van der Waals surface area contributed by atoms with Gasteiger partial charge in [0.25, 0.3) is 0 Å². The Morgan fingerprint density at radius 1 is 1.02 bits per heavy atom. The molecule has 5 fully saturated rings. The van der Waals surface area contributed by atoms with Crippen LogP contribution in [0.4, 0.5) is 0 Å². The van der Waals surface area contributed by atoms with Gasteiger partial charge in [-0.15, -0.1) is 0 Å². The first-order chi connectivity index (χ1) is 19.9. The number of phenols is 1. The van der Waals surface area contributed by atoms with Gasteiger partial charge in [0.2, 0.25) is 0 Å². The first kappa shape index (κ1) is 24.9. The first-order valence-corrected chi connectivity index (χ1v) is 15.9. The van der Waals surface area contributed by atoms with Gasteiger partial charge in [-0.2, -0.15) is 0 Å². The minimum Gasteiger partial charge on any atom is -0.504 e. The number of hydrogen-bond donors (Lipinski definition) is 1. The highest BCUT2D eigenvalue weighted by Gasteiger charge is 2.83. The number of ether oxygens (including phenoxy) is 3. The highest BCUT2D eigenvalue weighted by molar-refractivity contribution is 5.82. The van der Waals surface area contributed by atoms with Gasteiger partial charge in [0.05, 0.1) is 44.8 Å². The zero-order chi connectivity index (χ0) is 27.6. The SMILES string of the molecule is CO[C@]12CC[C@@]3(C[C@@H]1COCc1ccc4ccccc4c1)[C@H]1Cc4ccc(O)c5c4[C@@]3(CC[N+]1(C)CC1CC1)[C@H]2O5. The molecule has 2 spiro atoms. The molecule has 2 heterocycles. The molecule has 5 nitrogen and oxygen atoms in total. The molecule has 1 saturated heterocycles. The molecule has 7 atom stereocenters. The molecule has 4 saturated carbocycles. The summed E-state index contributed by atoms with van der Waals surface area (Å²) in [5.74, 6) is 2.21. The van der Waals surface area contributed by atoms with Crippen molar-refractivity contribution in [3.63, 3.8) is 0 Å². The minimum absolute atomic E-state index is 0.0729. The lowest BCUT2D eigenvalue weighted by Gasteiger charge is -2.74. The fourth-order valence-electron chi connectivity index (χ4n) is 11.1. The Kier molecular flexibility index (Phi) is 5.03. The number of piperidine rings is 1. The van der Waals surface area contributed by atoms with E-state index in [-0.39, 0.29) is 22.9 Å². The van der Waals surface area contributed by atoms with E-state index in [1.165, 1.54) is 64.3 Å². The molecule has 3 aromatic rings. The summed E-state index contributed by atoms with van der Waals surface area (Å²) in [6.07, 6.45) is 8.25. The molecule has 2 aliphatic heterocycles. The molecular weight excluding hydrogens is 510 g/mol. The van der Waals surface area contributed by atoms with Gasteiger partial charge < -0.3 is 23.8 Å². The lowest BCUT2D eigenvalue weighted by molar-refractivity contribution is -0.952. The largest absolute Gasteiger partial charge is 0.504 e. The van der Waals surface area contributed by atoms with Crippen LogP contribution in [0.2, 0.25) is 0 Å². The predicted molar refractivity (Wildman–Crippen MR) is 158 cm³/mol. The summed E-state index contributed by atoms with van der Waals surface area (Å²) < 4.78 is 21.4. The number of phenolic OH excluding ortho intramolecular Hbond substituents is 1. The van der Waals surface area contributed by atoms with Crippen molar-refractivity contribution in [1.82, 2.24) is 0 Å². The number of quaternary nitrogens is 1. The smallest absolute Gasteiger partial charge is 0.165 e. The molecule has 5 heteroatoms. The van der Waals surface area contributed by atoms with Crippen molar-refractivity contribution in [3.8, 4) is 11.5 Å². The van der Waals surface area contributed by atoms with Gasteiger partial charge in [0.15, 0.2) is 11.5 Å². The molecular formula is C36H42NO4+. The van der Waals surface area contributed by atoms with Crippen LogP contribution in [0.25, 0.3) is 10.8 Å². The second-order valence-corrected chi connectivity index (χ2v) is 14.6. The second kappa shape index (κ2) is 8.27. The number of hydrogen-bond acceptors (Lipinski definition) is 4. The van der Waals surface area contributed by atoms with Crippen molar-refractivity contribution >= 4 is 10.8 Å². The third-order valence-corrected chi connectivity index (χ3v) is 12.9. The number of likely N-dealkylation sites (tertiary alicyclic amines) is 1. The van der Waals surface area contributed by atoms with Crippen LogP contribution >= 0.6 is 0 Å². The normalized spacial score (nSPS) is 39.5. The Morgan fingerprint density at radius 2 is 1.88 bits per heavy atom. The third-order valence-electron chi connectivity index (χ3n) is 12.9. The average Bonchev–Trinajstić information content (AvgIpc) is 3.72. The number of fused-ring (bicyclic) bond motifs is 3. The summed E-state index contributed by atoms with van der Waals surface area (Å²) in [5.41, 5.74) is 3.62. The average molecular weight is 553 g/mol. The predicted octanol–water partition coefficient (Wildman–Crippen LogP) is 6.13. The van der Waals surface area contributed by atoms with Gasteiger partial charge in [-0.3, -0.25) is 0 Å². The van der Waals surface area contributed by atoms with Crippen LogP contribution in [-0.4, -0.2) is 61.2 Å². The maximum absolute atomic E-state index is 11.1. The van der Waals surface area contributed by atoms with E-state index in [1.54, 1.807) is 0 Å². The molecule has 0 radical (unpaired) electrons. The summed E-state index contributed by atoms with van der Waals surface area (Å²) in [6, 6.07) is 19.8. The highest BCUT2D eigenvalue weighted by atomic mass is 16.6. The Bertz CT molecular complexity index is 1570. The summed E-state index contributed by atoms with van der Waals surface area (Å²) in [4.78, 5) is 0. The van der Waals surface area contributed by atoms with E-state index in [0.29, 0.717) is 25.0 Å². The number of benzene rings is 3. The van der Waals surface area contributed by atoms with E-state index >= 15 is 0 Å². The Balaban J connectivity index is 1.10. The van der Waals surface area contributed by atoms with Crippen LogP contribution in [0.1, 0.15) is 55.2 Å². The molecule has 0 amide bonds. The van der Waals surface area contributed by atoms with E-state index in [4.69, 9.17) is 14.2 Å². The zero-order valence-electron chi connectivity index (χ0n) is 24.4. The van der Waals surface area contributed by atoms with Crippen LogP contribution in [-0.2, 0) is 27.9 Å². The van der Waals surface area contributed by atoms with Crippen molar-refractivity contribution < 1.29 is 23.8 Å². The second-order valence-electron chi connectivity index (χ2n) is 14.6. The Labute approximate surface area is 243 Å². The van der Waals surface area contributed by atoms with E-state index in [2.05, 4.69) is 55.6 Å². The number of nitrogens with zero attached hydrogens (tertiary/aromatic N) is 1. The molecule has 5 aliphatic carbocycles. The monoisotopic (exact) mass is 552 g/mol. The number of likely N-dealkylation sites (N-methyl/N-ethyl adjacent to an activating group) is 1. The van der Waals surface area contributed by atoms with Crippen molar-refractivity contribution in [1.29, 1.82) is 0 Å². The van der Waals surface area contributed by atoms with E-state index in [9.17, 15) is 5.11 Å². The number of methoxy groups -OCH3 is 1. The summed E-state index contributed by atoms with van der Waals surface area (Å²) in [6.45, 7) is 3.79. The molecule has 3 aromatic carbocycles. The quantitative estimate of drug-likeness (QED) is 0.358. The van der Waals surface area contributed by atoms with Crippen molar-refractivity contribution in [2.45, 2.75) is 74.7 Å². The van der Waals surface area contributed by atoms with Gasteiger partial charge in [0.1, 0.15) is 11.7 Å². The number of aromatic hydroxyl groups is 1. The van der Waals surface area contributed by atoms with Crippen molar-refractivity contribution in [3.05, 3.63) is 71.3 Å². The fraction of sp³-hybridized carbons (Fsp3) is 0.556. The fourth-order valence-corrected chi connectivity index (χ4v) is 11.1. The molecule has 41 heavy (non-hydrogen) atoms. The summed E-state index contributed by atoms with van der Waals surface area (Å²) in [5, 5.41) is 13.6. The lowest BCUT2D eigenvalue weighted by atomic mass is 9.34. The molecule has 4 bridgehead atoms. The van der Waals surface area contributed by atoms with Crippen LogP contribution in [0, 0.1) is 17.3 Å². The van der Waals surface area contributed by atoms with E-state index in [0.717, 1.165) is 37.4 Å². The topological polar surface area (TPSA) is 47.9 Å². The molecule has 10 rings (SSSR count). The maximum Gasteiger partial charge on any atom is 0.165 e. The zero-order valence-corrected chi connectivity index (χ0v) is 24.4. The van der Waals surface area contributed by atoms with E-state index in [1.807, 2.05) is 13.2 Å². The van der Waals surface area contributed by atoms with Gasteiger partial charge >= 0.3 is 0 Å². The molecule has 0 aromatic heterocycles. The molecule has 214 valence electrons. The summed E-state index contributed by atoms with van der Waals surface area (Å²) >= 11 is 0. The molecule has 7 aliphatic rings. The first-order valence-electron chi connectivity index (χ1n) is 15.9. The van der Waals surface area contributed by atoms with Gasteiger partial charge in [-0.25, -0.2) is 0 Å². The number of rotatable bonds is 7. The van der Waals surface area contributed by atoms with Crippen LogP contribution < -0.4 is 4.74 Å². The molecule has 1 N–H and O–H groups in total. The molecule has 1 unspecified atom stereocenters. The standard InChI is InChI=1S/C36H41NO4/c1-37(20-23-7-8-23)16-15-35-31-27-11-12-29(38)32(31)41-33(35)36(39-2)14-13-34(35,30(37)18-27)19-28(36)22-40-21-24-9-10-25-5-3-4-6-26(25)17-24/h3-6,9-12,17,23,28,30,33H,7-8,13-16,18-22H2,1-2H3/p+1/t28-,30-,33-,34-,35+,36-,37?/m1/s1.